The molecule has 11 heteroatoms. The monoisotopic (exact) mass is 487 g/mol. The number of rotatable bonds is 5. The lowest BCUT2D eigenvalue weighted by Gasteiger charge is -2.43. The van der Waals surface area contributed by atoms with Crippen molar-refractivity contribution in [2.24, 2.45) is 0 Å². The number of hydrogen-bond acceptors (Lipinski definition) is 7. The largest absolute Gasteiger partial charge is 0.465 e. The van der Waals surface area contributed by atoms with Crippen LogP contribution in [0.25, 0.3) is 11.4 Å². The fraction of sp³-hybridized carbons (Fsp3) is 0.542. The molecule has 2 aromatic rings. The zero-order chi connectivity index (χ0) is 26.1. The molecule has 0 saturated heterocycles. The van der Waals surface area contributed by atoms with Crippen LogP contribution in [0.4, 0.5) is 15.3 Å². The molecule has 2 N–H and O–H groups in total. The zero-order valence-electron chi connectivity index (χ0n) is 21.2. The van der Waals surface area contributed by atoms with Crippen LogP contribution in [-0.4, -0.2) is 55.9 Å². The van der Waals surface area contributed by atoms with Gasteiger partial charge in [-0.15, -0.1) is 0 Å². The topological polar surface area (TPSA) is 138 Å². The molecule has 0 bridgehead atoms. The third kappa shape index (κ3) is 5.90. The summed E-state index contributed by atoms with van der Waals surface area (Å²) in [4.78, 5) is 43.8. The SMILES string of the molecule is CC(=O)N1c2ccc(-c3noc(CNC(=O)OC(C)(C)C)n3)cc2[C@H](N(C(=O)O)C(C)C)C[C@@H]1C. The van der Waals surface area contributed by atoms with Crippen molar-refractivity contribution in [2.45, 2.75) is 85.2 Å². The Morgan fingerprint density at radius 3 is 2.57 bits per heavy atom. The number of alkyl carbamates (subject to hydrolysis) is 1. The number of nitrogens with one attached hydrogen (secondary N) is 1. The smallest absolute Gasteiger partial charge is 0.408 e. The van der Waals surface area contributed by atoms with Crippen molar-refractivity contribution in [3.63, 3.8) is 0 Å². The quantitative estimate of drug-likeness (QED) is 0.635. The van der Waals surface area contributed by atoms with E-state index >= 15 is 0 Å². The zero-order valence-corrected chi connectivity index (χ0v) is 21.2. The third-order valence-corrected chi connectivity index (χ3v) is 5.61. The van der Waals surface area contributed by atoms with Gasteiger partial charge in [-0.2, -0.15) is 4.98 Å². The molecule has 1 aromatic carbocycles. The number of benzene rings is 1. The summed E-state index contributed by atoms with van der Waals surface area (Å²) < 4.78 is 10.5. The molecule has 0 saturated carbocycles. The minimum atomic E-state index is -1.03. The van der Waals surface area contributed by atoms with Crippen molar-refractivity contribution in [1.29, 1.82) is 0 Å². The predicted molar refractivity (Wildman–Crippen MR) is 128 cm³/mol. The van der Waals surface area contributed by atoms with Gasteiger partial charge in [0.25, 0.3) is 0 Å². The standard InChI is InChI=1S/C24H33N5O6/c1-13(2)28(23(32)33)19-10-14(3)29(15(4)30)18-9-8-16(11-17(18)19)21-26-20(35-27-21)12-25-22(31)34-24(5,6)7/h8-9,11,13-14,19H,10,12H2,1-7H3,(H,25,31)(H,32,33)/t14-,19+/m0/s1. The van der Waals surface area contributed by atoms with Crippen LogP contribution in [0.5, 0.6) is 0 Å². The lowest BCUT2D eigenvalue weighted by Crippen LogP contribution is -2.48. The first kappa shape index (κ1) is 26.0. The lowest BCUT2D eigenvalue weighted by molar-refractivity contribution is -0.117. The summed E-state index contributed by atoms with van der Waals surface area (Å²) in [7, 11) is 0. The summed E-state index contributed by atoms with van der Waals surface area (Å²) in [6.45, 7) is 12.3. The Hall–Kier alpha value is -3.63. The number of carbonyl (C=O) groups is 3. The average molecular weight is 488 g/mol. The summed E-state index contributed by atoms with van der Waals surface area (Å²) >= 11 is 0. The van der Waals surface area contributed by atoms with E-state index in [4.69, 9.17) is 9.26 Å². The van der Waals surface area contributed by atoms with Crippen LogP contribution in [0.15, 0.2) is 22.7 Å². The number of carboxylic acid groups (broad SMARTS) is 1. The van der Waals surface area contributed by atoms with Gasteiger partial charge in [0.15, 0.2) is 0 Å². The minimum absolute atomic E-state index is 0.00868. The fourth-order valence-electron chi connectivity index (χ4n) is 4.34. The van der Waals surface area contributed by atoms with Gasteiger partial charge in [0, 0.05) is 30.3 Å². The van der Waals surface area contributed by atoms with Gasteiger partial charge in [0.05, 0.1) is 6.04 Å². The number of fused-ring (bicyclic) bond motifs is 1. The van der Waals surface area contributed by atoms with Crippen LogP contribution >= 0.6 is 0 Å². The Morgan fingerprint density at radius 1 is 1.31 bits per heavy atom. The van der Waals surface area contributed by atoms with E-state index in [1.165, 1.54) is 11.8 Å². The second-order valence-corrected chi connectivity index (χ2v) is 9.91. The highest BCUT2D eigenvalue weighted by Crippen LogP contribution is 2.42. The molecule has 35 heavy (non-hydrogen) atoms. The van der Waals surface area contributed by atoms with Gasteiger partial charge in [-0.1, -0.05) is 5.16 Å². The summed E-state index contributed by atoms with van der Waals surface area (Å²) in [5, 5.41) is 16.5. The molecule has 1 aliphatic rings. The van der Waals surface area contributed by atoms with Crippen LogP contribution in [0.1, 0.15) is 72.4 Å². The number of hydrogen-bond donors (Lipinski definition) is 2. The van der Waals surface area contributed by atoms with Gasteiger partial charge in [-0.3, -0.25) is 9.69 Å². The Labute approximate surface area is 204 Å². The molecule has 1 aliphatic heterocycles. The lowest BCUT2D eigenvalue weighted by atomic mass is 9.88. The predicted octanol–water partition coefficient (Wildman–Crippen LogP) is 4.34. The van der Waals surface area contributed by atoms with E-state index in [2.05, 4.69) is 15.5 Å². The maximum atomic E-state index is 12.4. The number of anilines is 1. The van der Waals surface area contributed by atoms with Gasteiger partial charge in [-0.25, -0.2) is 9.59 Å². The van der Waals surface area contributed by atoms with E-state index in [9.17, 15) is 19.5 Å². The number of nitrogens with zero attached hydrogens (tertiary/aromatic N) is 4. The van der Waals surface area contributed by atoms with E-state index in [1.54, 1.807) is 43.9 Å². The first-order valence-corrected chi connectivity index (χ1v) is 11.5. The molecule has 0 spiro atoms. The van der Waals surface area contributed by atoms with Crippen molar-refractivity contribution in [2.75, 3.05) is 4.90 Å². The highest BCUT2D eigenvalue weighted by molar-refractivity contribution is 5.94. The average Bonchev–Trinajstić information content (AvgIpc) is 3.19. The summed E-state index contributed by atoms with van der Waals surface area (Å²) in [5.74, 6) is 0.354. The molecule has 3 amide bonds. The molecule has 2 heterocycles. The normalized spacial score (nSPS) is 17.7. The first-order chi connectivity index (χ1) is 16.3. The molecule has 11 nitrogen and oxygen atoms in total. The molecule has 0 aliphatic carbocycles. The Bertz CT molecular complexity index is 1110. The summed E-state index contributed by atoms with van der Waals surface area (Å²) in [6, 6.07) is 4.46. The highest BCUT2D eigenvalue weighted by atomic mass is 16.6. The van der Waals surface area contributed by atoms with Gasteiger partial charge in [0.2, 0.25) is 17.6 Å². The molecule has 0 fully saturated rings. The Morgan fingerprint density at radius 2 is 2.00 bits per heavy atom. The molecular formula is C24H33N5O6. The second-order valence-electron chi connectivity index (χ2n) is 9.91. The molecular weight excluding hydrogens is 454 g/mol. The van der Waals surface area contributed by atoms with Gasteiger partial charge < -0.3 is 24.6 Å². The highest BCUT2D eigenvalue weighted by Gasteiger charge is 2.38. The van der Waals surface area contributed by atoms with Crippen LogP contribution in [0.2, 0.25) is 0 Å². The number of aromatic nitrogens is 2. The third-order valence-electron chi connectivity index (χ3n) is 5.61. The Balaban J connectivity index is 1.93. The van der Waals surface area contributed by atoms with E-state index in [0.29, 0.717) is 23.2 Å². The van der Waals surface area contributed by atoms with Crippen LogP contribution in [0.3, 0.4) is 0 Å². The van der Waals surface area contributed by atoms with Crippen LogP contribution < -0.4 is 10.2 Å². The van der Waals surface area contributed by atoms with Gasteiger partial charge >= 0.3 is 12.2 Å². The molecule has 190 valence electrons. The second kappa shape index (κ2) is 9.93. The minimum Gasteiger partial charge on any atom is -0.465 e. The Kier molecular flexibility index (Phi) is 7.37. The first-order valence-electron chi connectivity index (χ1n) is 11.5. The maximum absolute atomic E-state index is 12.4. The van der Waals surface area contributed by atoms with Crippen molar-refractivity contribution in [3.05, 3.63) is 29.7 Å². The molecule has 1 aromatic heterocycles. The van der Waals surface area contributed by atoms with Crippen molar-refractivity contribution in [3.8, 4) is 11.4 Å². The van der Waals surface area contributed by atoms with Crippen LogP contribution in [0, 0.1) is 0 Å². The van der Waals surface area contributed by atoms with E-state index in [1.807, 2.05) is 20.8 Å². The van der Waals surface area contributed by atoms with E-state index in [-0.39, 0.29) is 36.3 Å². The number of carbonyl (C=O) groups excluding carboxylic acids is 2. The van der Waals surface area contributed by atoms with Crippen molar-refractivity contribution < 1.29 is 28.8 Å². The molecule has 2 atom stereocenters. The van der Waals surface area contributed by atoms with Crippen molar-refractivity contribution >= 4 is 23.8 Å². The summed E-state index contributed by atoms with van der Waals surface area (Å²) in [6.07, 6.45) is -1.17. The maximum Gasteiger partial charge on any atom is 0.408 e. The number of ether oxygens (including phenoxy) is 1. The molecule has 3 rings (SSSR count). The van der Waals surface area contributed by atoms with Crippen LogP contribution in [-0.2, 0) is 16.1 Å². The number of amides is 3. The fourth-order valence-corrected chi connectivity index (χ4v) is 4.34. The van der Waals surface area contributed by atoms with E-state index in [0.717, 1.165) is 0 Å². The van der Waals surface area contributed by atoms with Gasteiger partial charge in [-0.05, 0) is 71.7 Å². The van der Waals surface area contributed by atoms with Gasteiger partial charge in [0.1, 0.15) is 12.1 Å². The van der Waals surface area contributed by atoms with Crippen molar-refractivity contribution in [1.82, 2.24) is 20.4 Å². The molecule has 0 radical (unpaired) electrons. The molecule has 0 unspecified atom stereocenters. The summed E-state index contributed by atoms with van der Waals surface area (Å²) in [5.41, 5.74) is 1.33. The van der Waals surface area contributed by atoms with E-state index < -0.39 is 23.8 Å².